The Bertz CT molecular complexity index is 925. The molecule has 0 unspecified atom stereocenters. The van der Waals surface area contributed by atoms with Crippen molar-refractivity contribution >= 4 is 10.8 Å². The smallest absolute Gasteiger partial charge is 0 e. The van der Waals surface area contributed by atoms with E-state index in [-0.39, 0.29) is 25.8 Å². The number of rotatable bonds is 3. The maximum Gasteiger partial charge on any atom is 0 e. The Morgan fingerprint density at radius 3 is 1.80 bits per heavy atom. The van der Waals surface area contributed by atoms with E-state index in [2.05, 4.69) is 86.6 Å². The molecule has 0 atom stereocenters. The number of hydrogen-bond acceptors (Lipinski definition) is 0. The molecular weight excluding hydrogens is 527 g/mol. The second-order valence-corrected chi connectivity index (χ2v) is 9.84. The fourth-order valence-electron chi connectivity index (χ4n) is 5.22. The Balaban J connectivity index is 0.000000249. The third kappa shape index (κ3) is 4.47. The van der Waals surface area contributed by atoms with Gasteiger partial charge in [0.25, 0.3) is 0 Å². The first-order chi connectivity index (χ1) is 13.6. The number of benzene rings is 1. The quantitative estimate of drug-likeness (QED) is 0.220. The van der Waals surface area contributed by atoms with E-state index in [1.807, 2.05) is 0 Å². The van der Waals surface area contributed by atoms with E-state index >= 15 is 0 Å². The molecule has 0 N–H and O–H groups in total. The first-order valence-corrected chi connectivity index (χ1v) is 11.5. The maximum absolute atomic E-state index is 2.49. The summed E-state index contributed by atoms with van der Waals surface area (Å²) < 4.78 is 0. The summed E-state index contributed by atoms with van der Waals surface area (Å²) in [6.45, 7) is 20.3. The van der Waals surface area contributed by atoms with E-state index in [4.69, 9.17) is 0 Å². The summed E-state index contributed by atoms with van der Waals surface area (Å²) in [6, 6.07) is 9.58. The van der Waals surface area contributed by atoms with Crippen molar-refractivity contribution in [3.63, 3.8) is 0 Å². The third-order valence-corrected chi connectivity index (χ3v) is 8.19. The Morgan fingerprint density at radius 2 is 1.40 bits per heavy atom. The van der Waals surface area contributed by atoms with Crippen LogP contribution in [0.1, 0.15) is 91.0 Å². The molecule has 0 nitrogen and oxygen atoms in total. The second-order valence-electron chi connectivity index (χ2n) is 9.84. The van der Waals surface area contributed by atoms with E-state index in [9.17, 15) is 0 Å². The molecule has 0 fully saturated rings. The predicted octanol–water partition coefficient (Wildman–Crippen LogP) is 8.53. The molecule has 4 rings (SSSR count). The van der Waals surface area contributed by atoms with E-state index in [0.29, 0.717) is 11.3 Å². The molecule has 30 heavy (non-hydrogen) atoms. The minimum Gasteiger partial charge on any atom is -0.196 e. The predicted molar refractivity (Wildman–Crippen MR) is 130 cm³/mol. The van der Waals surface area contributed by atoms with Crippen LogP contribution >= 0.6 is 0 Å². The summed E-state index contributed by atoms with van der Waals surface area (Å²) in [5, 5.41) is 2.95. The first kappa shape index (κ1) is 25.3. The van der Waals surface area contributed by atoms with Crippen LogP contribution in [0.15, 0.2) is 24.3 Å². The van der Waals surface area contributed by atoms with Crippen LogP contribution < -0.4 is 0 Å². The summed E-state index contributed by atoms with van der Waals surface area (Å²) in [5.41, 5.74) is 12.6. The third-order valence-electron chi connectivity index (χ3n) is 8.19. The molecule has 3 aromatic carbocycles. The minimum atomic E-state index is 0. The number of fused-ring (bicyclic) bond motifs is 2. The summed E-state index contributed by atoms with van der Waals surface area (Å²) >= 11 is 0. The topological polar surface area (TPSA) is 0 Å². The van der Waals surface area contributed by atoms with Crippen molar-refractivity contribution in [2.45, 2.75) is 93.9 Å². The van der Waals surface area contributed by atoms with Crippen LogP contribution in [0.3, 0.4) is 0 Å². The standard InChI is InChI=1S/C19H25.C10H15.Hf/c1-5-19(6-2)11-15-9-14-7-8-17(13(3)4)18(14)10-16(15)12-19;1-6-7(2)9(4)10(5)8(6)3;/h7-10,13H,5-6,11-12H2,1-4H3;1-5H3;/q2*-1;. The average Bonchev–Trinajstić information content (AvgIpc) is 3.34. The molecule has 0 saturated carbocycles. The van der Waals surface area contributed by atoms with Crippen molar-refractivity contribution < 1.29 is 25.8 Å². The van der Waals surface area contributed by atoms with Gasteiger partial charge in [-0.3, -0.25) is 0 Å². The zero-order valence-electron chi connectivity index (χ0n) is 20.7. The van der Waals surface area contributed by atoms with Gasteiger partial charge in [0, 0.05) is 25.8 Å². The van der Waals surface area contributed by atoms with Crippen molar-refractivity contribution in [3.05, 3.63) is 68.8 Å². The number of hydrogen-bond donors (Lipinski definition) is 0. The van der Waals surface area contributed by atoms with E-state index in [1.54, 1.807) is 11.1 Å². The van der Waals surface area contributed by atoms with Crippen molar-refractivity contribution in [1.82, 2.24) is 0 Å². The van der Waals surface area contributed by atoms with E-state index < -0.39 is 0 Å². The monoisotopic (exact) mass is 568 g/mol. The molecule has 0 amide bonds. The van der Waals surface area contributed by atoms with Gasteiger partial charge in [-0.2, -0.15) is 33.9 Å². The van der Waals surface area contributed by atoms with Crippen molar-refractivity contribution in [2.75, 3.05) is 0 Å². The average molecular weight is 567 g/mol. The zero-order valence-corrected chi connectivity index (χ0v) is 24.3. The summed E-state index contributed by atoms with van der Waals surface area (Å²) in [6.07, 6.45) is 5.18. The van der Waals surface area contributed by atoms with Gasteiger partial charge in [-0.15, -0.1) is 34.5 Å². The van der Waals surface area contributed by atoms with Crippen LogP contribution in [-0.4, -0.2) is 0 Å². The van der Waals surface area contributed by atoms with E-state index in [0.717, 1.165) is 0 Å². The fourth-order valence-corrected chi connectivity index (χ4v) is 5.22. The molecule has 0 saturated heterocycles. The van der Waals surface area contributed by atoms with Gasteiger partial charge >= 0.3 is 0 Å². The molecule has 3 aromatic rings. The van der Waals surface area contributed by atoms with Crippen molar-refractivity contribution in [2.24, 2.45) is 5.41 Å². The molecule has 0 aliphatic heterocycles. The summed E-state index contributed by atoms with van der Waals surface area (Å²) in [7, 11) is 0. The van der Waals surface area contributed by atoms with Gasteiger partial charge in [-0.25, -0.2) is 0 Å². The fraction of sp³-hybridized carbons (Fsp3) is 0.517. The molecule has 1 heteroatoms. The van der Waals surface area contributed by atoms with Gasteiger partial charge in [0.2, 0.25) is 0 Å². The van der Waals surface area contributed by atoms with Crippen LogP contribution in [0.4, 0.5) is 0 Å². The van der Waals surface area contributed by atoms with Crippen molar-refractivity contribution in [1.29, 1.82) is 0 Å². The van der Waals surface area contributed by atoms with Crippen LogP contribution in [0, 0.1) is 40.0 Å². The van der Waals surface area contributed by atoms with Crippen LogP contribution in [0.25, 0.3) is 10.8 Å². The Morgan fingerprint density at radius 1 is 0.900 bits per heavy atom. The van der Waals surface area contributed by atoms with Crippen LogP contribution in [0.5, 0.6) is 0 Å². The van der Waals surface area contributed by atoms with Gasteiger partial charge in [-0.1, -0.05) is 79.4 Å². The summed E-state index contributed by atoms with van der Waals surface area (Å²) in [4.78, 5) is 0. The minimum absolute atomic E-state index is 0. The normalized spacial score (nSPS) is 14.5. The second kappa shape index (κ2) is 9.68. The summed E-state index contributed by atoms with van der Waals surface area (Å²) in [5.74, 6) is 0.624. The first-order valence-electron chi connectivity index (χ1n) is 11.5. The largest absolute Gasteiger partial charge is 0.196 e. The molecule has 1 aliphatic rings. The molecular formula is C29H40Hf-2. The maximum atomic E-state index is 2.49. The van der Waals surface area contributed by atoms with Gasteiger partial charge < -0.3 is 0 Å². The zero-order chi connectivity index (χ0) is 21.5. The molecule has 0 spiro atoms. The molecule has 0 radical (unpaired) electrons. The van der Waals surface area contributed by atoms with Gasteiger partial charge in [-0.05, 0) is 31.1 Å². The van der Waals surface area contributed by atoms with Crippen LogP contribution in [-0.2, 0) is 38.7 Å². The molecule has 162 valence electrons. The SMILES string of the molecule is CCC1(CC)Cc2cc3cc[c-](C(C)C)c3cc2C1.Cc1c(C)c(C)[c-](C)c1C.[Hf]. The molecule has 1 aliphatic carbocycles. The van der Waals surface area contributed by atoms with Gasteiger partial charge in [0.05, 0.1) is 0 Å². The van der Waals surface area contributed by atoms with E-state index in [1.165, 1.54) is 69.8 Å². The Labute approximate surface area is 204 Å². The Hall–Kier alpha value is -0.950. The molecule has 0 aromatic heterocycles. The van der Waals surface area contributed by atoms with Gasteiger partial charge in [0.1, 0.15) is 0 Å². The van der Waals surface area contributed by atoms with Gasteiger partial charge in [0.15, 0.2) is 0 Å². The Kier molecular flexibility index (Phi) is 8.17. The van der Waals surface area contributed by atoms with Crippen molar-refractivity contribution in [3.8, 4) is 0 Å². The van der Waals surface area contributed by atoms with Crippen LogP contribution in [0.2, 0.25) is 0 Å². The molecule has 0 bridgehead atoms. The molecule has 0 heterocycles.